The number of hydrogen-bond donors (Lipinski definition) is 1. The molecule has 1 unspecified atom stereocenters. The predicted octanol–water partition coefficient (Wildman–Crippen LogP) is 1.50. The Labute approximate surface area is 121 Å². The van der Waals surface area contributed by atoms with Crippen molar-refractivity contribution >= 4 is 10.0 Å². The third kappa shape index (κ3) is 3.35. The van der Waals surface area contributed by atoms with Gasteiger partial charge in [0.25, 0.3) is 0 Å². The van der Waals surface area contributed by atoms with Crippen LogP contribution < -0.4 is 5.73 Å². The highest BCUT2D eigenvalue weighted by molar-refractivity contribution is 7.89. The van der Waals surface area contributed by atoms with Crippen LogP contribution in [-0.2, 0) is 16.6 Å². The average Bonchev–Trinajstić information content (AvgIpc) is 2.46. The quantitative estimate of drug-likeness (QED) is 0.914. The van der Waals surface area contributed by atoms with Crippen LogP contribution >= 0.6 is 0 Å². The lowest BCUT2D eigenvalue weighted by atomic mass is 9.99. The van der Waals surface area contributed by atoms with Crippen LogP contribution in [0, 0.1) is 5.92 Å². The minimum Gasteiger partial charge on any atom is -0.325 e. The zero-order valence-electron chi connectivity index (χ0n) is 11.2. The molecule has 1 aromatic rings. The number of rotatable bonds is 3. The molecule has 9 heteroatoms. The summed E-state index contributed by atoms with van der Waals surface area (Å²) in [6.45, 7) is -0.565. The Morgan fingerprint density at radius 2 is 2.14 bits per heavy atom. The summed E-state index contributed by atoms with van der Waals surface area (Å²) in [5.74, 6) is -1.63. The van der Waals surface area contributed by atoms with Crippen molar-refractivity contribution in [3.05, 3.63) is 24.0 Å². The molecular formula is C12H16F3N3O2S. The molecule has 0 spiro atoms. The van der Waals surface area contributed by atoms with Crippen LogP contribution in [-0.4, -0.2) is 37.0 Å². The first-order valence-corrected chi connectivity index (χ1v) is 7.91. The van der Waals surface area contributed by atoms with Gasteiger partial charge in [-0.05, 0) is 25.0 Å². The lowest BCUT2D eigenvalue weighted by Crippen LogP contribution is -2.44. The third-order valence-electron chi connectivity index (χ3n) is 3.51. The maximum absolute atomic E-state index is 12.8. The predicted molar refractivity (Wildman–Crippen MR) is 69.7 cm³/mol. The molecule has 2 rings (SSSR count). The number of pyridine rings is 1. The van der Waals surface area contributed by atoms with Gasteiger partial charge in [0, 0.05) is 25.8 Å². The number of sulfonamides is 1. The van der Waals surface area contributed by atoms with Gasteiger partial charge in [0.15, 0.2) is 0 Å². The Balaban J connectivity index is 2.31. The van der Waals surface area contributed by atoms with E-state index in [-0.39, 0.29) is 36.5 Å². The molecule has 2 heterocycles. The van der Waals surface area contributed by atoms with Gasteiger partial charge in [-0.25, -0.2) is 8.42 Å². The van der Waals surface area contributed by atoms with Gasteiger partial charge in [-0.15, -0.1) is 0 Å². The lowest BCUT2D eigenvalue weighted by molar-refractivity contribution is -0.182. The number of hydrogen-bond acceptors (Lipinski definition) is 4. The Bertz CT molecular complexity index is 604. The van der Waals surface area contributed by atoms with Crippen LogP contribution in [0.4, 0.5) is 13.2 Å². The molecule has 0 aliphatic carbocycles. The molecule has 1 aliphatic rings. The zero-order valence-corrected chi connectivity index (χ0v) is 12.0. The monoisotopic (exact) mass is 323 g/mol. The summed E-state index contributed by atoms with van der Waals surface area (Å²) in [6.07, 6.45) is -2.86. The van der Waals surface area contributed by atoms with Gasteiger partial charge in [0.05, 0.1) is 11.6 Å². The van der Waals surface area contributed by atoms with E-state index in [9.17, 15) is 21.6 Å². The second-order valence-corrected chi connectivity index (χ2v) is 6.80. The number of halogens is 3. The minimum absolute atomic E-state index is 0.0493. The van der Waals surface area contributed by atoms with Crippen LogP contribution in [0.1, 0.15) is 18.5 Å². The summed E-state index contributed by atoms with van der Waals surface area (Å²) < 4.78 is 64.3. The van der Waals surface area contributed by atoms with Gasteiger partial charge in [-0.1, -0.05) is 0 Å². The van der Waals surface area contributed by atoms with Crippen molar-refractivity contribution in [2.75, 3.05) is 13.1 Å². The Morgan fingerprint density at radius 1 is 1.43 bits per heavy atom. The maximum Gasteiger partial charge on any atom is 0.393 e. The van der Waals surface area contributed by atoms with Crippen molar-refractivity contribution in [2.24, 2.45) is 11.7 Å². The van der Waals surface area contributed by atoms with Crippen molar-refractivity contribution < 1.29 is 21.6 Å². The van der Waals surface area contributed by atoms with E-state index in [4.69, 9.17) is 5.73 Å². The normalized spacial score (nSPS) is 21.4. The van der Waals surface area contributed by atoms with Crippen molar-refractivity contribution in [3.63, 3.8) is 0 Å². The topological polar surface area (TPSA) is 76.3 Å². The van der Waals surface area contributed by atoms with Crippen LogP contribution in [0.15, 0.2) is 23.2 Å². The molecular weight excluding hydrogens is 307 g/mol. The molecule has 21 heavy (non-hydrogen) atoms. The molecule has 0 bridgehead atoms. The molecule has 0 radical (unpaired) electrons. The first-order valence-electron chi connectivity index (χ1n) is 6.47. The van der Waals surface area contributed by atoms with Crippen molar-refractivity contribution in [2.45, 2.75) is 30.5 Å². The van der Waals surface area contributed by atoms with Gasteiger partial charge < -0.3 is 5.73 Å². The Hall–Kier alpha value is -1.19. The molecule has 1 atom stereocenters. The van der Waals surface area contributed by atoms with Crippen LogP contribution in [0.25, 0.3) is 0 Å². The standard InChI is InChI=1S/C12H16F3N3O2S/c13-12(14,15)9-3-2-6-18(8-9)21(19,20)11-4-1-5-17-10(11)7-16/h1,4-5,9H,2-3,6-8,16H2. The average molecular weight is 323 g/mol. The van der Waals surface area contributed by atoms with Crippen molar-refractivity contribution in [1.82, 2.24) is 9.29 Å². The number of aromatic nitrogens is 1. The summed E-state index contributed by atoms with van der Waals surface area (Å²) in [5, 5.41) is 0. The SMILES string of the molecule is NCc1ncccc1S(=O)(=O)N1CCCC(C(F)(F)F)C1. The molecule has 1 aromatic heterocycles. The lowest BCUT2D eigenvalue weighted by Gasteiger charge is -2.33. The zero-order chi connectivity index (χ0) is 15.7. The van der Waals surface area contributed by atoms with Gasteiger partial charge in [-0.2, -0.15) is 17.5 Å². The first-order chi connectivity index (χ1) is 9.76. The van der Waals surface area contributed by atoms with Crippen molar-refractivity contribution in [3.8, 4) is 0 Å². The molecule has 0 saturated carbocycles. The van der Waals surface area contributed by atoms with E-state index in [0.29, 0.717) is 0 Å². The van der Waals surface area contributed by atoms with E-state index in [0.717, 1.165) is 4.31 Å². The molecule has 1 fully saturated rings. The second-order valence-electron chi connectivity index (χ2n) is 4.90. The Kier molecular flexibility index (Phi) is 4.54. The van der Waals surface area contributed by atoms with E-state index in [2.05, 4.69) is 4.98 Å². The molecule has 118 valence electrons. The number of alkyl halides is 3. The van der Waals surface area contributed by atoms with Gasteiger partial charge in [0.2, 0.25) is 10.0 Å². The fourth-order valence-corrected chi connectivity index (χ4v) is 4.09. The number of piperidine rings is 1. The van der Waals surface area contributed by atoms with Gasteiger partial charge in [0.1, 0.15) is 4.90 Å². The molecule has 2 N–H and O–H groups in total. The first kappa shape index (κ1) is 16.2. The highest BCUT2D eigenvalue weighted by atomic mass is 32.2. The van der Waals surface area contributed by atoms with Crippen LogP contribution in [0.2, 0.25) is 0 Å². The maximum atomic E-state index is 12.8. The van der Waals surface area contributed by atoms with E-state index in [1.54, 1.807) is 0 Å². The number of nitrogens with zero attached hydrogens (tertiary/aromatic N) is 2. The Morgan fingerprint density at radius 3 is 2.76 bits per heavy atom. The van der Waals surface area contributed by atoms with E-state index in [1.165, 1.54) is 18.3 Å². The van der Waals surface area contributed by atoms with E-state index >= 15 is 0 Å². The fraction of sp³-hybridized carbons (Fsp3) is 0.583. The highest BCUT2D eigenvalue weighted by Gasteiger charge is 2.44. The molecule has 0 aromatic carbocycles. The van der Waals surface area contributed by atoms with E-state index < -0.39 is 28.7 Å². The molecule has 5 nitrogen and oxygen atoms in total. The largest absolute Gasteiger partial charge is 0.393 e. The minimum atomic E-state index is -4.39. The number of nitrogens with two attached hydrogens (primary N) is 1. The summed E-state index contributed by atoms with van der Waals surface area (Å²) in [7, 11) is -4.01. The van der Waals surface area contributed by atoms with Crippen LogP contribution in [0.3, 0.4) is 0 Å². The fourth-order valence-electron chi connectivity index (χ4n) is 2.38. The summed E-state index contributed by atoms with van der Waals surface area (Å²) in [6, 6.07) is 2.75. The molecule has 0 amide bonds. The van der Waals surface area contributed by atoms with Crippen LogP contribution in [0.5, 0.6) is 0 Å². The second kappa shape index (κ2) is 5.90. The van der Waals surface area contributed by atoms with Gasteiger partial charge >= 0.3 is 6.18 Å². The van der Waals surface area contributed by atoms with E-state index in [1.807, 2.05) is 0 Å². The van der Waals surface area contributed by atoms with Crippen molar-refractivity contribution in [1.29, 1.82) is 0 Å². The third-order valence-corrected chi connectivity index (χ3v) is 5.45. The summed E-state index contributed by atoms with van der Waals surface area (Å²) in [4.78, 5) is 3.76. The molecule has 1 aliphatic heterocycles. The molecule has 1 saturated heterocycles. The highest BCUT2D eigenvalue weighted by Crippen LogP contribution is 2.35. The summed E-state index contributed by atoms with van der Waals surface area (Å²) >= 11 is 0. The summed E-state index contributed by atoms with van der Waals surface area (Å²) in [5.41, 5.74) is 5.61. The van der Waals surface area contributed by atoms with Gasteiger partial charge in [-0.3, -0.25) is 4.98 Å². The smallest absolute Gasteiger partial charge is 0.325 e.